The zero-order valence-electron chi connectivity index (χ0n) is 12.7. The lowest BCUT2D eigenvalue weighted by Gasteiger charge is -2.53. The molecule has 22 heavy (non-hydrogen) atoms. The van der Waals surface area contributed by atoms with Crippen molar-refractivity contribution in [1.29, 1.82) is 0 Å². The topological polar surface area (TPSA) is 189 Å². The Bertz CT molecular complexity index is 294. The van der Waals surface area contributed by atoms with Crippen molar-refractivity contribution in [3.05, 3.63) is 0 Å². The summed E-state index contributed by atoms with van der Waals surface area (Å²) in [4.78, 5) is 1.85. The van der Waals surface area contributed by atoms with Gasteiger partial charge in [0.05, 0.1) is 60.0 Å². The van der Waals surface area contributed by atoms with Crippen LogP contribution in [-0.4, -0.2) is 50.8 Å². The van der Waals surface area contributed by atoms with Crippen LogP contribution in [0.5, 0.6) is 0 Å². The third kappa shape index (κ3) is 10.0. The Labute approximate surface area is 133 Å². The van der Waals surface area contributed by atoms with Crippen LogP contribution in [0.25, 0.3) is 0 Å². The van der Waals surface area contributed by atoms with Crippen LogP contribution in [0.15, 0.2) is 0 Å². The van der Waals surface area contributed by atoms with E-state index in [1.165, 1.54) is 43.4 Å². The van der Waals surface area contributed by atoms with Gasteiger partial charge < -0.3 is 9.38 Å². The fourth-order valence-corrected chi connectivity index (χ4v) is 2.98. The van der Waals surface area contributed by atoms with Crippen molar-refractivity contribution >= 4 is 0 Å². The fourth-order valence-electron chi connectivity index (χ4n) is 2.98. The Morgan fingerprint density at radius 1 is 0.682 bits per heavy atom. The van der Waals surface area contributed by atoms with Crippen LogP contribution in [0.3, 0.4) is 0 Å². The van der Waals surface area contributed by atoms with Gasteiger partial charge in [-0.05, 0) is 0 Å². The van der Waals surface area contributed by atoms with Gasteiger partial charge in [0.25, 0.3) is 0 Å². The molecule has 3 aliphatic rings. The summed E-state index contributed by atoms with van der Waals surface area (Å²) in [5.74, 6) is 0. The summed E-state index contributed by atoms with van der Waals surface area (Å²) in [7, 11) is -2.77. The molecule has 0 spiro atoms. The molecule has 12 heteroatoms. The van der Waals surface area contributed by atoms with Crippen molar-refractivity contribution in [3.8, 4) is 0 Å². The fraction of sp³-hybridized carbons (Fsp3) is 1.00. The van der Waals surface area contributed by atoms with Gasteiger partial charge in [-0.2, -0.15) is 0 Å². The van der Waals surface area contributed by atoms with Crippen molar-refractivity contribution in [3.63, 3.8) is 0 Å². The van der Waals surface area contributed by atoms with Crippen LogP contribution in [0, 0.1) is 20.5 Å². The van der Waals surface area contributed by atoms with Crippen LogP contribution in [-0.2, 0) is 0 Å². The molecule has 0 aromatic heterocycles. The monoisotopic (exact) mass is 368 g/mol. The molecule has 3 aliphatic heterocycles. The molecule has 3 saturated heterocycles. The van der Waals surface area contributed by atoms with Gasteiger partial charge >= 0.3 is 0 Å². The first kappa shape index (κ1) is 22.2. The normalized spacial score (nSPS) is 28.2. The van der Waals surface area contributed by atoms with E-state index in [2.05, 4.69) is 21.1 Å². The minimum absolute atomic E-state index is 0.641. The van der Waals surface area contributed by atoms with Gasteiger partial charge in [-0.1, -0.05) is 0 Å². The number of halogens is 2. The minimum Gasteiger partial charge on any atom is -0.334 e. The number of rotatable bonds is 1. The molecule has 0 radical (unpaired) electrons. The quantitative estimate of drug-likeness (QED) is 0.441. The van der Waals surface area contributed by atoms with Crippen LogP contribution in [0.1, 0.15) is 19.3 Å². The molecule has 0 aromatic carbocycles. The molecule has 0 amide bonds. The van der Waals surface area contributed by atoms with E-state index in [0.717, 1.165) is 0 Å². The number of hydrogen-bond donors (Lipinski definition) is 1. The van der Waals surface area contributed by atoms with Crippen molar-refractivity contribution in [2.75, 3.05) is 40.8 Å². The van der Waals surface area contributed by atoms with E-state index in [-0.39, 0.29) is 0 Å². The van der Waals surface area contributed by atoms with Gasteiger partial charge in [-0.25, -0.2) is 37.3 Å². The van der Waals surface area contributed by atoms with E-state index < -0.39 is 20.5 Å². The lowest BCUT2D eigenvalue weighted by molar-refractivity contribution is -2.00. The number of quaternary nitrogens is 2. The number of hydrogen-bond acceptors (Lipinski definition) is 8. The first-order chi connectivity index (χ1) is 9.54. The second-order valence-electron chi connectivity index (χ2n) is 6.24. The highest BCUT2D eigenvalue weighted by atomic mass is 35.7. The van der Waals surface area contributed by atoms with E-state index in [9.17, 15) is 0 Å². The second kappa shape index (κ2) is 7.83. The standard InChI is InChI=1S/C10H21N2.2ClHO4/c1-12(2,3)10-4-7-11(8-5-10)9-6-10;2*2-1(3,4)5/h4-9H2,1-3H3;2*(H,2,3,4,5)/q+1;;/p-1. The lowest BCUT2D eigenvalue weighted by atomic mass is 9.77. The van der Waals surface area contributed by atoms with E-state index in [1.54, 1.807) is 0 Å². The van der Waals surface area contributed by atoms with Crippen LogP contribution < -0.4 is 42.2 Å². The summed E-state index contributed by atoms with van der Waals surface area (Å²) in [6.45, 7) is 4.28. The molecule has 2 bridgehead atoms. The van der Waals surface area contributed by atoms with Crippen molar-refractivity contribution in [2.24, 2.45) is 0 Å². The van der Waals surface area contributed by atoms with Gasteiger partial charge in [-0.15, -0.1) is 20.5 Å². The zero-order valence-corrected chi connectivity index (χ0v) is 14.2. The van der Waals surface area contributed by atoms with E-state index in [1.807, 2.05) is 4.90 Å². The lowest BCUT2D eigenvalue weighted by Crippen LogP contribution is -3.16. The number of nitrogens with one attached hydrogen (secondary N) is 1. The number of nitrogens with zero attached hydrogens (tertiary/aromatic N) is 1. The Kier molecular flexibility index (Phi) is 7.90. The smallest absolute Gasteiger partial charge is 0.115 e. The molecule has 0 aliphatic carbocycles. The predicted octanol–water partition coefficient (Wildman–Crippen LogP) is -10.00. The average molecular weight is 369 g/mol. The molecule has 3 heterocycles. The van der Waals surface area contributed by atoms with Gasteiger partial charge in [0.15, 0.2) is 0 Å². The van der Waals surface area contributed by atoms with Gasteiger partial charge in [-0.3, -0.25) is 0 Å². The highest BCUT2D eigenvalue weighted by Gasteiger charge is 2.51. The van der Waals surface area contributed by atoms with E-state index >= 15 is 0 Å². The second-order valence-corrected chi connectivity index (χ2v) is 7.75. The van der Waals surface area contributed by atoms with Gasteiger partial charge in [0.2, 0.25) is 0 Å². The molecule has 3 rings (SSSR count). The van der Waals surface area contributed by atoms with Crippen LogP contribution >= 0.6 is 0 Å². The maximum atomic E-state index is 8.49. The molecule has 10 nitrogen and oxygen atoms in total. The van der Waals surface area contributed by atoms with Gasteiger partial charge in [0.1, 0.15) is 5.54 Å². The maximum absolute atomic E-state index is 8.49. The molecular weight excluding hydrogens is 347 g/mol. The van der Waals surface area contributed by atoms with Crippen molar-refractivity contribution < 1.29 is 67.1 Å². The first-order valence-electron chi connectivity index (χ1n) is 6.42. The molecule has 0 saturated carbocycles. The Morgan fingerprint density at radius 2 is 0.909 bits per heavy atom. The number of fused-ring (bicyclic) bond motifs is 3. The number of piperidine rings is 3. The summed E-state index contributed by atoms with van der Waals surface area (Å²) in [6.07, 6.45) is 4.35. The minimum atomic E-state index is -4.94. The van der Waals surface area contributed by atoms with Crippen molar-refractivity contribution in [1.82, 2.24) is 0 Å². The average Bonchev–Trinajstić information content (AvgIpc) is 2.25. The molecular formula is C10H22Cl2N2O8. The van der Waals surface area contributed by atoms with E-state index in [4.69, 9.17) is 37.3 Å². The Morgan fingerprint density at radius 3 is 1.05 bits per heavy atom. The highest BCUT2D eigenvalue weighted by molar-refractivity contribution is 4.85. The third-order valence-electron chi connectivity index (χ3n) is 4.25. The summed E-state index contributed by atoms with van der Waals surface area (Å²) in [5.41, 5.74) is 0.641. The largest absolute Gasteiger partial charge is 0.334 e. The third-order valence-corrected chi connectivity index (χ3v) is 4.25. The highest BCUT2D eigenvalue weighted by Crippen LogP contribution is 2.33. The molecule has 1 N–H and O–H groups in total. The molecule has 134 valence electrons. The first-order valence-corrected chi connectivity index (χ1v) is 8.89. The summed E-state index contributed by atoms with van der Waals surface area (Å²) >= 11 is 0. The SMILES string of the molecule is C[N+](C)(C)C12CC[NH+](CC1)CC2.[O-][Cl+3]([O-])([O-])[O-].[O-][Cl+3]([O-])([O-])[O-]. The Balaban J connectivity index is 0.000000372. The molecule has 3 fully saturated rings. The molecule has 0 atom stereocenters. The van der Waals surface area contributed by atoms with Crippen LogP contribution in [0.2, 0.25) is 0 Å². The van der Waals surface area contributed by atoms with Gasteiger partial charge in [0, 0.05) is 0 Å². The zero-order chi connectivity index (χ0) is 17.8. The molecule has 0 aromatic rings. The predicted molar refractivity (Wildman–Crippen MR) is 50.2 cm³/mol. The molecule has 0 unspecified atom stereocenters. The maximum Gasteiger partial charge on any atom is 0.115 e. The Hall–Kier alpha value is 0.180. The summed E-state index contributed by atoms with van der Waals surface area (Å²) in [5, 5.41) is 0. The summed E-state index contributed by atoms with van der Waals surface area (Å²) in [6, 6.07) is 0. The summed E-state index contributed by atoms with van der Waals surface area (Å²) < 4.78 is 69.1. The van der Waals surface area contributed by atoms with E-state index in [0.29, 0.717) is 5.54 Å². The van der Waals surface area contributed by atoms with Crippen molar-refractivity contribution in [2.45, 2.75) is 24.8 Å². The van der Waals surface area contributed by atoms with Crippen LogP contribution in [0.4, 0.5) is 0 Å².